The lowest BCUT2D eigenvalue weighted by molar-refractivity contribution is 1.55. The molecular weight excluding hydrogens is 188 g/mol. The first-order valence-corrected chi connectivity index (χ1v) is 5.38. The van der Waals surface area contributed by atoms with Crippen LogP contribution in [0.3, 0.4) is 0 Å². The Labute approximate surface area is 88.6 Å². The molecule has 14 heavy (non-hydrogen) atoms. The maximum absolute atomic E-state index is 3.68. The third-order valence-electron chi connectivity index (χ3n) is 2.04. The molecule has 2 rings (SSSR count). The first-order valence-electron chi connectivity index (χ1n) is 4.50. The van der Waals surface area contributed by atoms with Crippen molar-refractivity contribution in [1.82, 2.24) is 0 Å². The van der Waals surface area contributed by atoms with Crippen molar-refractivity contribution in [2.45, 2.75) is 4.90 Å². The highest BCUT2D eigenvalue weighted by molar-refractivity contribution is 8.01. The van der Waals surface area contributed by atoms with E-state index in [4.69, 9.17) is 0 Å². The molecule has 0 heterocycles. The molecular formula is C13H11S. The van der Waals surface area contributed by atoms with Gasteiger partial charge in [0.1, 0.15) is 0 Å². The molecule has 0 saturated heterocycles. The summed E-state index contributed by atoms with van der Waals surface area (Å²) in [4.78, 5) is 1.28. The first kappa shape index (κ1) is 9.35. The zero-order valence-corrected chi connectivity index (χ0v) is 8.63. The van der Waals surface area contributed by atoms with Crippen LogP contribution in [-0.2, 0) is 0 Å². The predicted molar refractivity (Wildman–Crippen MR) is 64.3 cm³/mol. The van der Waals surface area contributed by atoms with E-state index in [1.54, 1.807) is 11.8 Å². The minimum atomic E-state index is 1.28. The first-order chi connectivity index (χ1) is 6.92. The van der Waals surface area contributed by atoms with Crippen LogP contribution in [0.25, 0.3) is 10.8 Å². The Hall–Kier alpha value is -1.21. The molecule has 0 aliphatic heterocycles. The summed E-state index contributed by atoms with van der Waals surface area (Å²) in [6.45, 7) is 3.68. The smallest absolute Gasteiger partial charge is 0.0429 e. The largest absolute Gasteiger partial charge is 0.116 e. The Kier molecular flexibility index (Phi) is 2.90. The van der Waals surface area contributed by atoms with Crippen molar-refractivity contribution in [3.8, 4) is 0 Å². The van der Waals surface area contributed by atoms with Gasteiger partial charge in [-0.3, -0.25) is 0 Å². The second kappa shape index (κ2) is 4.34. The summed E-state index contributed by atoms with van der Waals surface area (Å²) in [6, 6.07) is 14.8. The van der Waals surface area contributed by atoms with E-state index in [1.165, 1.54) is 15.7 Å². The quantitative estimate of drug-likeness (QED) is 0.665. The third kappa shape index (κ3) is 1.83. The number of fused-ring (bicyclic) bond motifs is 1. The van der Waals surface area contributed by atoms with E-state index < -0.39 is 0 Å². The van der Waals surface area contributed by atoms with Gasteiger partial charge in [0.15, 0.2) is 0 Å². The fourth-order valence-electron chi connectivity index (χ4n) is 1.42. The number of rotatable bonds is 3. The van der Waals surface area contributed by atoms with Crippen LogP contribution >= 0.6 is 11.8 Å². The Morgan fingerprint density at radius 3 is 2.64 bits per heavy atom. The SMILES string of the molecule is C=C[CH]Sc1cccc2ccccc12. The van der Waals surface area contributed by atoms with Crippen molar-refractivity contribution in [2.75, 3.05) is 0 Å². The van der Waals surface area contributed by atoms with Crippen LogP contribution in [0.1, 0.15) is 0 Å². The van der Waals surface area contributed by atoms with Crippen molar-refractivity contribution in [1.29, 1.82) is 0 Å². The number of hydrogen-bond acceptors (Lipinski definition) is 1. The van der Waals surface area contributed by atoms with E-state index in [-0.39, 0.29) is 0 Å². The zero-order valence-electron chi connectivity index (χ0n) is 7.81. The molecule has 1 heteroatoms. The fourth-order valence-corrected chi connectivity index (χ4v) is 2.13. The van der Waals surface area contributed by atoms with Gasteiger partial charge >= 0.3 is 0 Å². The van der Waals surface area contributed by atoms with Gasteiger partial charge in [0.05, 0.1) is 0 Å². The molecule has 2 aromatic rings. The van der Waals surface area contributed by atoms with Crippen LogP contribution in [0, 0.1) is 5.75 Å². The molecule has 0 amide bonds. The topological polar surface area (TPSA) is 0 Å². The van der Waals surface area contributed by atoms with Gasteiger partial charge in [-0.1, -0.05) is 42.5 Å². The van der Waals surface area contributed by atoms with Crippen molar-refractivity contribution in [2.24, 2.45) is 0 Å². The standard InChI is InChI=1S/C13H11S/c1-2-10-14-13-9-5-7-11-6-3-4-8-12(11)13/h2-10H,1H2. The molecule has 2 aromatic carbocycles. The highest BCUT2D eigenvalue weighted by atomic mass is 32.2. The van der Waals surface area contributed by atoms with Crippen LogP contribution in [0.2, 0.25) is 0 Å². The van der Waals surface area contributed by atoms with Crippen LogP contribution in [0.5, 0.6) is 0 Å². The van der Waals surface area contributed by atoms with Gasteiger partial charge in [0.25, 0.3) is 0 Å². The van der Waals surface area contributed by atoms with Gasteiger partial charge in [-0.25, -0.2) is 0 Å². The molecule has 0 nitrogen and oxygen atoms in total. The predicted octanol–water partition coefficient (Wildman–Crippen LogP) is 4.28. The normalized spacial score (nSPS) is 10.3. The van der Waals surface area contributed by atoms with Gasteiger partial charge in [-0.15, -0.1) is 18.3 Å². The minimum Gasteiger partial charge on any atom is -0.116 e. The molecule has 0 saturated carbocycles. The Bertz CT molecular complexity index is 440. The molecule has 0 bridgehead atoms. The molecule has 0 atom stereocenters. The van der Waals surface area contributed by atoms with Gasteiger partial charge in [0.2, 0.25) is 0 Å². The number of thioether (sulfide) groups is 1. The average Bonchev–Trinajstić information content (AvgIpc) is 2.26. The summed E-state index contributed by atoms with van der Waals surface area (Å²) in [5, 5.41) is 2.59. The molecule has 0 spiro atoms. The van der Waals surface area contributed by atoms with Gasteiger partial charge in [0, 0.05) is 10.6 Å². The van der Waals surface area contributed by atoms with Crippen LogP contribution in [0.15, 0.2) is 60.0 Å². The molecule has 0 aliphatic carbocycles. The van der Waals surface area contributed by atoms with Crippen molar-refractivity contribution in [3.05, 3.63) is 60.9 Å². The summed E-state index contributed by atoms with van der Waals surface area (Å²) in [7, 11) is 0. The van der Waals surface area contributed by atoms with Crippen molar-refractivity contribution >= 4 is 22.5 Å². The van der Waals surface area contributed by atoms with Gasteiger partial charge in [-0.05, 0) is 16.8 Å². The van der Waals surface area contributed by atoms with Crippen LogP contribution in [-0.4, -0.2) is 0 Å². The molecule has 0 fully saturated rings. The lowest BCUT2D eigenvalue weighted by Crippen LogP contribution is -1.75. The number of hydrogen-bond donors (Lipinski definition) is 0. The summed E-state index contributed by atoms with van der Waals surface area (Å²) >= 11 is 1.71. The van der Waals surface area contributed by atoms with E-state index in [9.17, 15) is 0 Å². The van der Waals surface area contributed by atoms with Crippen LogP contribution < -0.4 is 0 Å². The van der Waals surface area contributed by atoms with Crippen molar-refractivity contribution in [3.63, 3.8) is 0 Å². The van der Waals surface area contributed by atoms with Crippen molar-refractivity contribution < 1.29 is 0 Å². The second-order valence-electron chi connectivity index (χ2n) is 2.97. The second-order valence-corrected chi connectivity index (χ2v) is 3.91. The maximum atomic E-state index is 3.68. The summed E-state index contributed by atoms with van der Waals surface area (Å²) < 4.78 is 0. The van der Waals surface area contributed by atoms with E-state index in [0.29, 0.717) is 0 Å². The molecule has 69 valence electrons. The Morgan fingerprint density at radius 2 is 1.79 bits per heavy atom. The summed E-state index contributed by atoms with van der Waals surface area (Å²) in [5.41, 5.74) is 0. The Balaban J connectivity index is 2.48. The number of benzene rings is 2. The summed E-state index contributed by atoms with van der Waals surface area (Å²) in [6.07, 6.45) is 1.81. The van der Waals surface area contributed by atoms with E-state index >= 15 is 0 Å². The molecule has 0 aliphatic rings. The van der Waals surface area contributed by atoms with E-state index in [0.717, 1.165) is 0 Å². The summed E-state index contributed by atoms with van der Waals surface area (Å²) in [5.74, 6) is 2.00. The van der Waals surface area contributed by atoms with Gasteiger partial charge < -0.3 is 0 Å². The Morgan fingerprint density at radius 1 is 1.00 bits per heavy atom. The molecule has 0 unspecified atom stereocenters. The molecule has 0 aromatic heterocycles. The molecule has 1 radical (unpaired) electrons. The lowest BCUT2D eigenvalue weighted by Gasteiger charge is -2.03. The highest BCUT2D eigenvalue weighted by Gasteiger charge is 1.98. The monoisotopic (exact) mass is 199 g/mol. The minimum absolute atomic E-state index is 1.28. The lowest BCUT2D eigenvalue weighted by atomic mass is 10.1. The van der Waals surface area contributed by atoms with Gasteiger partial charge in [-0.2, -0.15) is 0 Å². The van der Waals surface area contributed by atoms with Crippen LogP contribution in [0.4, 0.5) is 0 Å². The highest BCUT2D eigenvalue weighted by Crippen LogP contribution is 2.29. The van der Waals surface area contributed by atoms with E-state index in [1.807, 2.05) is 11.8 Å². The maximum Gasteiger partial charge on any atom is 0.0429 e. The molecule has 0 N–H and O–H groups in total. The average molecular weight is 199 g/mol. The third-order valence-corrected chi connectivity index (χ3v) is 2.98. The van der Waals surface area contributed by atoms with E-state index in [2.05, 4.69) is 49.0 Å². The fraction of sp³-hybridized carbons (Fsp3) is 0. The zero-order chi connectivity index (χ0) is 9.80.